The summed E-state index contributed by atoms with van der Waals surface area (Å²) in [5.74, 6) is 0. The maximum Gasteiger partial charge on any atom is 0.407 e. The summed E-state index contributed by atoms with van der Waals surface area (Å²) in [5, 5.41) is 17.8. The van der Waals surface area contributed by atoms with Gasteiger partial charge < -0.3 is 30.0 Å². The van der Waals surface area contributed by atoms with Crippen LogP contribution in [-0.4, -0.2) is 63.2 Å². The molecule has 0 radical (unpaired) electrons. The van der Waals surface area contributed by atoms with E-state index in [2.05, 4.69) is 16.0 Å². The van der Waals surface area contributed by atoms with Crippen LogP contribution in [0.3, 0.4) is 0 Å². The van der Waals surface area contributed by atoms with Gasteiger partial charge in [0.15, 0.2) is 0 Å². The molecule has 0 fully saturated rings. The minimum atomic E-state index is -1.14. The highest BCUT2D eigenvalue weighted by Crippen LogP contribution is 2.19. The van der Waals surface area contributed by atoms with Gasteiger partial charge in [-0.05, 0) is 25.8 Å². The van der Waals surface area contributed by atoms with Gasteiger partial charge in [-0.3, -0.25) is 5.32 Å². The predicted molar refractivity (Wildman–Crippen MR) is 97.6 cm³/mol. The van der Waals surface area contributed by atoms with Gasteiger partial charge in [0, 0.05) is 13.1 Å². The van der Waals surface area contributed by atoms with Crippen molar-refractivity contribution in [2.24, 2.45) is 5.41 Å². The molecule has 0 heterocycles. The summed E-state index contributed by atoms with van der Waals surface area (Å²) in [6, 6.07) is 0. The molecule has 0 saturated carbocycles. The summed E-state index contributed by atoms with van der Waals surface area (Å²) in [4.78, 5) is 23.3. The highest BCUT2D eigenvalue weighted by atomic mass is 16.6. The quantitative estimate of drug-likeness (QED) is 0.339. The fourth-order valence-corrected chi connectivity index (χ4v) is 1.77. The smallest absolute Gasteiger partial charge is 0.407 e. The second-order valence-corrected chi connectivity index (χ2v) is 6.43. The number of aliphatic hydroxyl groups excluding tert-OH is 1. The zero-order chi connectivity index (χ0) is 19.8. The van der Waals surface area contributed by atoms with Crippen molar-refractivity contribution in [2.45, 2.75) is 53.4 Å². The molecule has 0 aromatic heterocycles. The zero-order valence-electron chi connectivity index (χ0n) is 16.4. The van der Waals surface area contributed by atoms with Crippen LogP contribution in [0.25, 0.3) is 0 Å². The Labute approximate surface area is 156 Å². The van der Waals surface area contributed by atoms with E-state index in [4.69, 9.17) is 14.2 Å². The Morgan fingerprint density at radius 3 is 1.77 bits per heavy atom. The molecule has 0 aliphatic heterocycles. The van der Waals surface area contributed by atoms with Crippen molar-refractivity contribution in [2.75, 3.05) is 39.5 Å². The van der Waals surface area contributed by atoms with E-state index in [1.165, 1.54) is 0 Å². The monoisotopic (exact) mass is 377 g/mol. The average molecular weight is 377 g/mol. The summed E-state index contributed by atoms with van der Waals surface area (Å²) in [6.45, 7) is 9.21. The number of aliphatic hydroxyl groups is 1. The molecule has 154 valence electrons. The fraction of sp³-hybridized carbons (Fsp3) is 0.882. The first-order valence-corrected chi connectivity index (χ1v) is 9.21. The predicted octanol–water partition coefficient (Wildman–Crippen LogP) is 1.56. The highest BCUT2D eigenvalue weighted by Gasteiger charge is 2.30. The van der Waals surface area contributed by atoms with Crippen LogP contribution in [0.2, 0.25) is 0 Å². The van der Waals surface area contributed by atoms with Gasteiger partial charge in [-0.25, -0.2) is 9.59 Å². The summed E-state index contributed by atoms with van der Waals surface area (Å²) >= 11 is 0. The van der Waals surface area contributed by atoms with Crippen LogP contribution in [0.4, 0.5) is 9.59 Å². The van der Waals surface area contributed by atoms with Crippen molar-refractivity contribution in [1.29, 1.82) is 0 Å². The van der Waals surface area contributed by atoms with E-state index in [-0.39, 0.29) is 19.8 Å². The Hall–Kier alpha value is -1.58. The Morgan fingerprint density at radius 2 is 1.35 bits per heavy atom. The minimum absolute atomic E-state index is 0.0237. The number of hydrogen-bond acceptors (Lipinski definition) is 7. The SMILES string of the molecule is CCCNC(=O)OCC(C)(COC(=O)NCCC)COC(O)NCCC. The Bertz CT molecular complexity index is 371. The van der Waals surface area contributed by atoms with Gasteiger partial charge in [-0.15, -0.1) is 0 Å². The maximum absolute atomic E-state index is 11.7. The average Bonchev–Trinajstić information content (AvgIpc) is 2.64. The number of rotatable bonds is 14. The minimum Gasteiger partial charge on any atom is -0.449 e. The molecule has 0 aromatic rings. The standard InChI is InChI=1S/C17H35N3O6/c1-5-8-18-14(21)24-11-17(4,12-25-15(22)19-9-6-2)13-26-16(23)20-10-7-3/h14,18,21H,5-13H2,1-4H3,(H,19,22)(H,20,23). The van der Waals surface area contributed by atoms with Crippen molar-refractivity contribution in [3.8, 4) is 0 Å². The van der Waals surface area contributed by atoms with Crippen molar-refractivity contribution < 1.29 is 28.9 Å². The lowest BCUT2D eigenvalue weighted by molar-refractivity contribution is -0.152. The lowest BCUT2D eigenvalue weighted by Gasteiger charge is -2.29. The second kappa shape index (κ2) is 14.6. The van der Waals surface area contributed by atoms with Gasteiger partial charge in [0.25, 0.3) is 0 Å². The molecule has 0 aromatic carbocycles. The Balaban J connectivity index is 4.57. The number of carbonyl (C=O) groups is 2. The van der Waals surface area contributed by atoms with E-state index in [1.54, 1.807) is 6.92 Å². The van der Waals surface area contributed by atoms with Crippen molar-refractivity contribution in [3.05, 3.63) is 0 Å². The van der Waals surface area contributed by atoms with Crippen LogP contribution >= 0.6 is 0 Å². The molecule has 1 atom stereocenters. The van der Waals surface area contributed by atoms with Crippen LogP contribution in [0.1, 0.15) is 47.0 Å². The summed E-state index contributed by atoms with van der Waals surface area (Å²) in [5.41, 5.74) is -0.804. The number of hydrogen-bond donors (Lipinski definition) is 4. The van der Waals surface area contributed by atoms with Gasteiger partial charge in [0.1, 0.15) is 13.2 Å². The molecule has 0 spiro atoms. The van der Waals surface area contributed by atoms with Crippen LogP contribution in [0, 0.1) is 5.41 Å². The Morgan fingerprint density at radius 1 is 0.885 bits per heavy atom. The number of nitrogens with one attached hydrogen (secondary N) is 3. The van der Waals surface area contributed by atoms with Crippen LogP contribution in [0.5, 0.6) is 0 Å². The highest BCUT2D eigenvalue weighted by molar-refractivity contribution is 5.67. The first-order valence-electron chi connectivity index (χ1n) is 9.21. The molecule has 0 saturated heterocycles. The second-order valence-electron chi connectivity index (χ2n) is 6.43. The number of ether oxygens (including phenoxy) is 3. The molecule has 9 nitrogen and oxygen atoms in total. The fourth-order valence-electron chi connectivity index (χ4n) is 1.77. The summed E-state index contributed by atoms with van der Waals surface area (Å²) in [7, 11) is 0. The normalized spacial score (nSPS) is 12.3. The molecular formula is C17H35N3O6. The summed E-state index contributed by atoms with van der Waals surface area (Å²) < 4.78 is 15.7. The summed E-state index contributed by atoms with van der Waals surface area (Å²) in [6.07, 6.45) is 0.212. The lowest BCUT2D eigenvalue weighted by Crippen LogP contribution is -2.42. The molecule has 0 aliphatic carbocycles. The van der Waals surface area contributed by atoms with E-state index >= 15 is 0 Å². The largest absolute Gasteiger partial charge is 0.449 e. The lowest BCUT2D eigenvalue weighted by atomic mass is 9.94. The van der Waals surface area contributed by atoms with Crippen molar-refractivity contribution >= 4 is 12.2 Å². The zero-order valence-corrected chi connectivity index (χ0v) is 16.4. The molecule has 26 heavy (non-hydrogen) atoms. The van der Waals surface area contributed by atoms with Crippen LogP contribution < -0.4 is 16.0 Å². The van der Waals surface area contributed by atoms with E-state index in [1.807, 2.05) is 20.8 Å². The molecule has 1 unspecified atom stereocenters. The van der Waals surface area contributed by atoms with E-state index in [0.717, 1.165) is 19.3 Å². The third kappa shape index (κ3) is 12.7. The molecule has 4 N–H and O–H groups in total. The number of amides is 2. The maximum atomic E-state index is 11.7. The van der Waals surface area contributed by atoms with Crippen molar-refractivity contribution in [3.63, 3.8) is 0 Å². The molecule has 9 heteroatoms. The van der Waals surface area contributed by atoms with Gasteiger partial charge in [0.05, 0.1) is 12.0 Å². The van der Waals surface area contributed by atoms with Crippen molar-refractivity contribution in [1.82, 2.24) is 16.0 Å². The third-order valence-corrected chi connectivity index (χ3v) is 3.30. The Kier molecular flexibility index (Phi) is 13.7. The molecular weight excluding hydrogens is 342 g/mol. The molecule has 0 rings (SSSR count). The molecule has 2 amide bonds. The first-order chi connectivity index (χ1) is 12.4. The van der Waals surface area contributed by atoms with Gasteiger partial charge in [0.2, 0.25) is 6.41 Å². The van der Waals surface area contributed by atoms with Gasteiger partial charge >= 0.3 is 12.2 Å². The molecule has 0 bridgehead atoms. The van der Waals surface area contributed by atoms with E-state index in [0.29, 0.717) is 19.6 Å². The van der Waals surface area contributed by atoms with Crippen LogP contribution in [-0.2, 0) is 14.2 Å². The first kappa shape index (κ1) is 24.4. The van der Waals surface area contributed by atoms with Gasteiger partial charge in [-0.2, -0.15) is 0 Å². The number of carbonyl (C=O) groups excluding carboxylic acids is 2. The van der Waals surface area contributed by atoms with E-state index in [9.17, 15) is 14.7 Å². The van der Waals surface area contributed by atoms with Gasteiger partial charge in [-0.1, -0.05) is 27.7 Å². The third-order valence-electron chi connectivity index (χ3n) is 3.30. The van der Waals surface area contributed by atoms with Crippen LogP contribution in [0.15, 0.2) is 0 Å². The van der Waals surface area contributed by atoms with E-state index < -0.39 is 24.0 Å². The number of alkyl carbamates (subject to hydrolysis) is 2. The topological polar surface area (TPSA) is 118 Å². The molecule has 0 aliphatic rings.